The van der Waals surface area contributed by atoms with E-state index in [0.29, 0.717) is 0 Å². The molecule has 1 N–H and O–H groups in total. The van der Waals surface area contributed by atoms with E-state index >= 15 is 0 Å². The number of hydrogen-bond acceptors (Lipinski definition) is 5. The van der Waals surface area contributed by atoms with Gasteiger partial charge in [0.15, 0.2) is 0 Å². The molecule has 0 unspecified atom stereocenters. The van der Waals surface area contributed by atoms with Crippen LogP contribution in [0.15, 0.2) is 0 Å². The van der Waals surface area contributed by atoms with Crippen molar-refractivity contribution in [3.63, 3.8) is 0 Å². The molecule has 0 aliphatic carbocycles. The lowest BCUT2D eigenvalue weighted by atomic mass is 10.2. The van der Waals surface area contributed by atoms with Crippen LogP contribution in [0.5, 0.6) is 0 Å². The number of carbonyl (C=O) groups is 2. The van der Waals surface area contributed by atoms with Crippen molar-refractivity contribution in [2.75, 3.05) is 0 Å². The van der Waals surface area contributed by atoms with Gasteiger partial charge in [0.2, 0.25) is 0 Å². The van der Waals surface area contributed by atoms with Gasteiger partial charge in [-0.3, -0.25) is 9.68 Å². The zero-order valence-corrected chi connectivity index (χ0v) is 8.40. The minimum Gasteiger partial charge on any atom is -0.481 e. The van der Waals surface area contributed by atoms with Crippen molar-refractivity contribution < 1.29 is 29.5 Å². The van der Waals surface area contributed by atoms with E-state index in [0.717, 1.165) is 0 Å². The first-order valence-corrected chi connectivity index (χ1v) is 4.08. The van der Waals surface area contributed by atoms with Crippen LogP contribution >= 0.6 is 0 Å². The summed E-state index contributed by atoms with van der Waals surface area (Å²) in [6.07, 6.45) is -0.541. The quantitative estimate of drug-likeness (QED) is 0.535. The lowest BCUT2D eigenvalue weighted by Crippen LogP contribution is -2.21. The lowest BCUT2D eigenvalue weighted by molar-refractivity contribution is -0.514. The normalized spacial score (nSPS) is 11.1. The van der Waals surface area contributed by atoms with Gasteiger partial charge in [-0.2, -0.15) is 4.89 Å². The van der Waals surface area contributed by atoms with Crippen LogP contribution < -0.4 is 0 Å². The smallest absolute Gasteiger partial charge is 0.346 e. The van der Waals surface area contributed by atoms with E-state index < -0.39 is 17.5 Å². The van der Waals surface area contributed by atoms with Crippen molar-refractivity contribution in [3.8, 4) is 0 Å². The highest BCUT2D eigenvalue weighted by molar-refractivity contribution is 5.76. The van der Waals surface area contributed by atoms with E-state index in [9.17, 15) is 9.59 Å². The molecule has 0 heterocycles. The molecular formula is C8H14O6. The third kappa shape index (κ3) is 8.95. The van der Waals surface area contributed by atoms with Crippen molar-refractivity contribution in [2.24, 2.45) is 0 Å². The number of hydrogen-bond donors (Lipinski definition) is 1. The maximum absolute atomic E-state index is 10.7. The van der Waals surface area contributed by atoms with Crippen molar-refractivity contribution in [2.45, 2.75) is 39.2 Å². The molecule has 0 saturated carbocycles. The van der Waals surface area contributed by atoms with Crippen LogP contribution in [0.25, 0.3) is 0 Å². The van der Waals surface area contributed by atoms with Crippen molar-refractivity contribution in [3.05, 3.63) is 0 Å². The van der Waals surface area contributed by atoms with Gasteiger partial charge in [0, 0.05) is 0 Å². The molecule has 0 aromatic rings. The van der Waals surface area contributed by atoms with Crippen LogP contribution in [0.4, 0.5) is 0 Å². The summed E-state index contributed by atoms with van der Waals surface area (Å²) in [7, 11) is 0. The standard InChI is InChI=1S/C8H14O6/c1-8(2,3)13-14-12-7(11)5-4-6(9)10/h4-5H2,1-3H3,(H,9,10). The summed E-state index contributed by atoms with van der Waals surface area (Å²) in [5, 5.41) is 12.4. The Bertz CT molecular complexity index is 204. The molecule has 0 spiro atoms. The second-order valence-electron chi connectivity index (χ2n) is 3.61. The van der Waals surface area contributed by atoms with Crippen LogP contribution in [0.3, 0.4) is 0 Å². The average Bonchev–Trinajstić information content (AvgIpc) is 1.98. The molecule has 82 valence electrons. The summed E-state index contributed by atoms with van der Waals surface area (Å²) < 4.78 is 0. The molecule has 0 fully saturated rings. The highest BCUT2D eigenvalue weighted by Crippen LogP contribution is 2.07. The molecule has 0 atom stereocenters. The van der Waals surface area contributed by atoms with Gasteiger partial charge >= 0.3 is 11.9 Å². The SMILES string of the molecule is CC(C)(C)OOOC(=O)CCC(=O)O. The minimum atomic E-state index is -1.07. The van der Waals surface area contributed by atoms with Crippen molar-refractivity contribution in [1.29, 1.82) is 0 Å². The van der Waals surface area contributed by atoms with Crippen molar-refractivity contribution >= 4 is 11.9 Å². The predicted octanol–water partition coefficient (Wildman–Crippen LogP) is 1.06. The van der Waals surface area contributed by atoms with Crippen LogP contribution in [0.2, 0.25) is 0 Å². The molecule has 0 aliphatic heterocycles. The number of aliphatic carboxylic acids is 1. The van der Waals surface area contributed by atoms with E-state index in [1.165, 1.54) is 0 Å². The Kier molecular flexibility index (Phi) is 5.11. The van der Waals surface area contributed by atoms with Gasteiger partial charge in [0.05, 0.1) is 18.4 Å². The Morgan fingerprint density at radius 1 is 1.21 bits per heavy atom. The summed E-state index contributed by atoms with van der Waals surface area (Å²) in [5.41, 5.74) is -0.590. The summed E-state index contributed by atoms with van der Waals surface area (Å²) in [4.78, 5) is 29.6. The van der Waals surface area contributed by atoms with Crippen molar-refractivity contribution in [1.82, 2.24) is 0 Å². The fourth-order valence-corrected chi connectivity index (χ4v) is 0.408. The van der Waals surface area contributed by atoms with Gasteiger partial charge < -0.3 is 5.11 Å². The van der Waals surface area contributed by atoms with Crippen LogP contribution in [-0.4, -0.2) is 22.6 Å². The second kappa shape index (κ2) is 5.56. The van der Waals surface area contributed by atoms with E-state index in [1.54, 1.807) is 20.8 Å². The first-order chi connectivity index (χ1) is 6.31. The first kappa shape index (κ1) is 12.9. The summed E-state index contributed by atoms with van der Waals surface area (Å²) >= 11 is 0. The molecule has 6 heteroatoms. The minimum absolute atomic E-state index is 0.247. The molecule has 0 aliphatic rings. The molecule has 0 saturated heterocycles. The molecule has 0 radical (unpaired) electrons. The fourth-order valence-electron chi connectivity index (χ4n) is 0.408. The van der Waals surface area contributed by atoms with Crippen LogP contribution in [-0.2, 0) is 24.4 Å². The Morgan fingerprint density at radius 3 is 2.21 bits per heavy atom. The molecule has 0 aromatic heterocycles. The van der Waals surface area contributed by atoms with Gasteiger partial charge in [-0.25, -0.2) is 4.79 Å². The summed E-state index contributed by atoms with van der Waals surface area (Å²) in [5.74, 6) is -1.85. The average molecular weight is 206 g/mol. The molecule has 0 rings (SSSR count). The number of carbonyl (C=O) groups excluding carboxylic acids is 1. The zero-order valence-electron chi connectivity index (χ0n) is 8.40. The predicted molar refractivity (Wildman–Crippen MR) is 44.9 cm³/mol. The Morgan fingerprint density at radius 2 is 1.79 bits per heavy atom. The largest absolute Gasteiger partial charge is 0.481 e. The molecule has 0 bridgehead atoms. The third-order valence-corrected chi connectivity index (χ3v) is 0.954. The van der Waals surface area contributed by atoms with E-state index in [4.69, 9.17) is 5.11 Å². The van der Waals surface area contributed by atoms with Gasteiger partial charge in [0.1, 0.15) is 0 Å². The highest BCUT2D eigenvalue weighted by atomic mass is 17.5. The second-order valence-corrected chi connectivity index (χ2v) is 3.61. The topological polar surface area (TPSA) is 82.1 Å². The van der Waals surface area contributed by atoms with Gasteiger partial charge in [0.25, 0.3) is 0 Å². The summed E-state index contributed by atoms with van der Waals surface area (Å²) in [6, 6.07) is 0. The van der Waals surface area contributed by atoms with Gasteiger partial charge in [-0.1, -0.05) is 0 Å². The molecule has 0 aromatic carbocycles. The molecule has 6 nitrogen and oxygen atoms in total. The van der Waals surface area contributed by atoms with Crippen LogP contribution in [0.1, 0.15) is 33.6 Å². The molecule has 0 amide bonds. The summed E-state index contributed by atoms with van der Waals surface area (Å²) in [6.45, 7) is 5.12. The van der Waals surface area contributed by atoms with Gasteiger partial charge in [-0.05, 0) is 25.8 Å². The Hall–Kier alpha value is -1.14. The first-order valence-electron chi connectivity index (χ1n) is 4.08. The van der Waals surface area contributed by atoms with E-state index in [2.05, 4.69) is 14.8 Å². The molecular weight excluding hydrogens is 192 g/mol. The zero-order chi connectivity index (χ0) is 11.2. The maximum Gasteiger partial charge on any atom is 0.346 e. The monoisotopic (exact) mass is 206 g/mol. The molecule has 14 heavy (non-hydrogen) atoms. The highest BCUT2D eigenvalue weighted by Gasteiger charge is 2.14. The Labute approximate surface area is 81.6 Å². The van der Waals surface area contributed by atoms with Gasteiger partial charge in [-0.15, -0.1) is 0 Å². The number of carboxylic acid groups (broad SMARTS) is 1. The Balaban J connectivity index is 3.50. The lowest BCUT2D eigenvalue weighted by Gasteiger charge is -2.15. The number of rotatable bonds is 5. The van der Waals surface area contributed by atoms with E-state index in [1.807, 2.05) is 0 Å². The number of carboxylic acids is 1. The van der Waals surface area contributed by atoms with E-state index in [-0.39, 0.29) is 12.8 Å². The van der Waals surface area contributed by atoms with Crippen LogP contribution in [0, 0.1) is 0 Å². The third-order valence-electron chi connectivity index (χ3n) is 0.954. The maximum atomic E-state index is 10.7. The fraction of sp³-hybridized carbons (Fsp3) is 0.750.